The zero-order chi connectivity index (χ0) is 28.7. The highest BCUT2D eigenvalue weighted by atomic mass is 16.4. The molecular weight excluding hydrogens is 506 g/mol. The molecule has 1 aromatic heterocycles. The molecule has 0 aliphatic carbocycles. The zero-order valence-electron chi connectivity index (χ0n) is 21.5. The molecule has 0 saturated carbocycles. The molecule has 0 radical (unpaired) electrons. The van der Waals surface area contributed by atoms with Gasteiger partial charge in [0, 0.05) is 6.42 Å². The number of aromatic amines is 1. The molecule has 0 fully saturated rings. The second-order valence-corrected chi connectivity index (χ2v) is 9.30. The number of aliphatic carboxylic acids is 1. The van der Waals surface area contributed by atoms with E-state index in [0.717, 1.165) is 4.57 Å². The number of primary amides is 1. The van der Waals surface area contributed by atoms with Crippen molar-refractivity contribution in [3.05, 3.63) is 81.0 Å². The van der Waals surface area contributed by atoms with E-state index in [1.807, 2.05) is 0 Å². The molecule has 3 amide bonds. The van der Waals surface area contributed by atoms with Crippen molar-refractivity contribution in [1.29, 1.82) is 0 Å². The minimum Gasteiger partial charge on any atom is -0.480 e. The number of hydrogen-bond acceptors (Lipinski definition) is 6. The molecular formula is C27H31N5O7. The van der Waals surface area contributed by atoms with Gasteiger partial charge in [-0.2, -0.15) is 0 Å². The predicted octanol–water partition coefficient (Wildman–Crippen LogP) is 0.449. The van der Waals surface area contributed by atoms with Crippen LogP contribution in [0, 0.1) is 5.92 Å². The van der Waals surface area contributed by atoms with Crippen molar-refractivity contribution >= 4 is 34.6 Å². The number of carboxylic acids is 1. The minimum absolute atomic E-state index is 0.0394. The fraction of sp³-hybridized carbons (Fsp3) is 0.333. The SMILES string of the molecule is CCC(C)[C@H](NC(=O)[C@H](Cc1ccccc1)n1c(=O)[nH]c2ccccc2c1=O)C(=O)N[C@@H](CC(N)=O)C(=O)O. The van der Waals surface area contributed by atoms with E-state index in [0.29, 0.717) is 17.5 Å². The quantitative estimate of drug-likeness (QED) is 0.221. The van der Waals surface area contributed by atoms with Crippen LogP contribution in [-0.2, 0) is 25.6 Å². The Bertz CT molecular complexity index is 1480. The fourth-order valence-electron chi connectivity index (χ4n) is 4.21. The number of fused-ring (bicyclic) bond motifs is 1. The molecule has 4 atom stereocenters. The Morgan fingerprint density at radius 2 is 1.62 bits per heavy atom. The van der Waals surface area contributed by atoms with E-state index in [1.165, 1.54) is 6.07 Å². The fourth-order valence-corrected chi connectivity index (χ4v) is 4.21. The number of carbonyl (C=O) groups excluding carboxylic acids is 3. The summed E-state index contributed by atoms with van der Waals surface area (Å²) in [6, 6.07) is 11.0. The molecule has 206 valence electrons. The Morgan fingerprint density at radius 1 is 0.974 bits per heavy atom. The third kappa shape index (κ3) is 6.98. The molecule has 1 unspecified atom stereocenters. The Kier molecular flexibility index (Phi) is 9.37. The van der Waals surface area contributed by atoms with Crippen molar-refractivity contribution in [2.24, 2.45) is 11.7 Å². The first-order valence-corrected chi connectivity index (χ1v) is 12.4. The maximum Gasteiger partial charge on any atom is 0.329 e. The summed E-state index contributed by atoms with van der Waals surface area (Å²) in [5.74, 6) is -4.49. The van der Waals surface area contributed by atoms with Gasteiger partial charge < -0.3 is 26.5 Å². The first-order chi connectivity index (χ1) is 18.5. The molecule has 0 aliphatic heterocycles. The first kappa shape index (κ1) is 28.8. The van der Waals surface area contributed by atoms with Gasteiger partial charge in [-0.05, 0) is 23.6 Å². The smallest absolute Gasteiger partial charge is 0.329 e. The van der Waals surface area contributed by atoms with Crippen LogP contribution < -0.4 is 27.6 Å². The lowest BCUT2D eigenvalue weighted by molar-refractivity contribution is -0.144. The predicted molar refractivity (Wildman–Crippen MR) is 143 cm³/mol. The van der Waals surface area contributed by atoms with E-state index in [4.69, 9.17) is 5.73 Å². The number of rotatable bonds is 12. The molecule has 12 nitrogen and oxygen atoms in total. The van der Waals surface area contributed by atoms with Gasteiger partial charge in [-0.25, -0.2) is 14.2 Å². The van der Waals surface area contributed by atoms with Crippen LogP contribution in [0.25, 0.3) is 10.9 Å². The Morgan fingerprint density at radius 3 is 2.23 bits per heavy atom. The standard InChI is InChI=1S/C27H31N5O7/c1-3-15(2)22(24(35)29-19(26(37)38)14-21(28)33)31-23(34)20(13-16-9-5-4-6-10-16)32-25(36)17-11-7-8-12-18(17)30-27(32)39/h4-12,15,19-20,22H,3,13-14H2,1-2H3,(H2,28,33)(H,29,35)(H,30,39)(H,31,34)(H,37,38)/t15?,19-,20-,22-/m0/s1. The molecule has 0 spiro atoms. The number of carbonyl (C=O) groups is 4. The van der Waals surface area contributed by atoms with Crippen LogP contribution in [0.15, 0.2) is 64.2 Å². The number of carboxylic acid groups (broad SMARTS) is 1. The highest BCUT2D eigenvalue weighted by molar-refractivity contribution is 5.93. The molecule has 0 aliphatic rings. The minimum atomic E-state index is -1.59. The van der Waals surface area contributed by atoms with Gasteiger partial charge in [-0.3, -0.25) is 19.2 Å². The molecule has 39 heavy (non-hydrogen) atoms. The lowest BCUT2D eigenvalue weighted by atomic mass is 9.96. The Balaban J connectivity index is 2.02. The normalized spacial score (nSPS) is 14.1. The van der Waals surface area contributed by atoms with Crippen molar-refractivity contribution in [1.82, 2.24) is 20.2 Å². The summed E-state index contributed by atoms with van der Waals surface area (Å²) in [4.78, 5) is 78.8. The average Bonchev–Trinajstić information content (AvgIpc) is 2.90. The van der Waals surface area contributed by atoms with Crippen LogP contribution in [0.4, 0.5) is 0 Å². The maximum atomic E-state index is 13.7. The highest BCUT2D eigenvalue weighted by Gasteiger charge is 2.34. The largest absolute Gasteiger partial charge is 0.480 e. The summed E-state index contributed by atoms with van der Waals surface area (Å²) in [5.41, 5.74) is 4.60. The van der Waals surface area contributed by atoms with Crippen molar-refractivity contribution < 1.29 is 24.3 Å². The van der Waals surface area contributed by atoms with Gasteiger partial charge in [-0.15, -0.1) is 0 Å². The van der Waals surface area contributed by atoms with Gasteiger partial charge in [0.15, 0.2) is 0 Å². The van der Waals surface area contributed by atoms with Gasteiger partial charge in [0.2, 0.25) is 17.7 Å². The van der Waals surface area contributed by atoms with Crippen LogP contribution in [0.2, 0.25) is 0 Å². The van der Waals surface area contributed by atoms with Crippen LogP contribution in [0.3, 0.4) is 0 Å². The number of amides is 3. The van der Waals surface area contributed by atoms with E-state index in [1.54, 1.807) is 62.4 Å². The number of nitrogens with two attached hydrogens (primary N) is 1. The third-order valence-corrected chi connectivity index (χ3v) is 6.54. The van der Waals surface area contributed by atoms with Crippen molar-refractivity contribution in [2.75, 3.05) is 0 Å². The van der Waals surface area contributed by atoms with Crippen LogP contribution in [0.5, 0.6) is 0 Å². The van der Waals surface area contributed by atoms with Gasteiger partial charge in [0.25, 0.3) is 5.56 Å². The van der Waals surface area contributed by atoms with E-state index < -0.39 is 65.4 Å². The monoisotopic (exact) mass is 537 g/mol. The number of para-hydroxylation sites is 1. The second-order valence-electron chi connectivity index (χ2n) is 9.30. The van der Waals surface area contributed by atoms with Gasteiger partial charge in [0.05, 0.1) is 17.3 Å². The summed E-state index contributed by atoms with van der Waals surface area (Å²) < 4.78 is 0.823. The molecule has 3 rings (SSSR count). The summed E-state index contributed by atoms with van der Waals surface area (Å²) in [6.07, 6.45) is -0.255. The Labute approximate surface area is 223 Å². The Hall–Kier alpha value is -4.74. The maximum absolute atomic E-state index is 13.7. The van der Waals surface area contributed by atoms with Crippen molar-refractivity contribution in [3.63, 3.8) is 0 Å². The second kappa shape index (κ2) is 12.7. The third-order valence-electron chi connectivity index (χ3n) is 6.54. The van der Waals surface area contributed by atoms with Crippen molar-refractivity contribution in [2.45, 2.75) is 51.2 Å². The molecule has 0 bridgehead atoms. The number of H-pyrrole nitrogens is 1. The molecule has 12 heteroatoms. The number of aromatic nitrogens is 2. The number of nitrogens with one attached hydrogen (secondary N) is 3. The van der Waals surface area contributed by atoms with Gasteiger partial charge in [-0.1, -0.05) is 62.7 Å². The van der Waals surface area contributed by atoms with E-state index >= 15 is 0 Å². The molecule has 1 heterocycles. The molecule has 3 aromatic rings. The van der Waals surface area contributed by atoms with E-state index in [-0.39, 0.29) is 11.8 Å². The molecule has 2 aromatic carbocycles. The van der Waals surface area contributed by atoms with Gasteiger partial charge in [0.1, 0.15) is 18.1 Å². The van der Waals surface area contributed by atoms with Crippen molar-refractivity contribution in [3.8, 4) is 0 Å². The van der Waals surface area contributed by atoms with Gasteiger partial charge >= 0.3 is 11.7 Å². The summed E-state index contributed by atoms with van der Waals surface area (Å²) in [6.45, 7) is 3.45. The number of benzene rings is 2. The topological polar surface area (TPSA) is 193 Å². The molecule has 0 saturated heterocycles. The molecule has 6 N–H and O–H groups in total. The first-order valence-electron chi connectivity index (χ1n) is 12.4. The van der Waals surface area contributed by atoms with Crippen LogP contribution in [-0.4, -0.2) is 50.4 Å². The highest BCUT2D eigenvalue weighted by Crippen LogP contribution is 2.16. The zero-order valence-corrected chi connectivity index (χ0v) is 21.5. The van der Waals surface area contributed by atoms with E-state index in [9.17, 15) is 33.9 Å². The lowest BCUT2D eigenvalue weighted by Gasteiger charge is -2.27. The summed E-state index contributed by atoms with van der Waals surface area (Å²) in [5, 5.41) is 14.5. The van der Waals surface area contributed by atoms with Crippen LogP contribution >= 0.6 is 0 Å². The van der Waals surface area contributed by atoms with Crippen LogP contribution in [0.1, 0.15) is 38.3 Å². The lowest BCUT2D eigenvalue weighted by Crippen LogP contribution is -2.56. The average molecular weight is 538 g/mol. The number of hydrogen-bond donors (Lipinski definition) is 5. The van der Waals surface area contributed by atoms with E-state index in [2.05, 4.69) is 15.6 Å². The summed E-state index contributed by atoms with van der Waals surface area (Å²) >= 11 is 0. The summed E-state index contributed by atoms with van der Waals surface area (Å²) in [7, 11) is 0. The number of nitrogens with zero attached hydrogens (tertiary/aromatic N) is 1.